The van der Waals surface area contributed by atoms with Crippen LogP contribution in [0, 0.1) is 0 Å². The molecule has 0 aliphatic rings. The van der Waals surface area contributed by atoms with Gasteiger partial charge in [0.2, 0.25) is 0 Å². The van der Waals surface area contributed by atoms with Crippen molar-refractivity contribution in [2.75, 3.05) is 13.7 Å². The Labute approximate surface area is 78.9 Å². The lowest BCUT2D eigenvalue weighted by Crippen LogP contribution is -2.38. The molecule has 0 aromatic heterocycles. The zero-order valence-corrected chi connectivity index (χ0v) is 8.45. The third kappa shape index (κ3) is 3.92. The molecule has 0 fully saturated rings. The van der Waals surface area contributed by atoms with Gasteiger partial charge in [-0.1, -0.05) is 0 Å². The van der Waals surface area contributed by atoms with E-state index in [4.69, 9.17) is 0 Å². The van der Waals surface area contributed by atoms with E-state index in [-0.39, 0.29) is 12.1 Å². The Morgan fingerprint density at radius 3 is 2.62 bits per heavy atom. The highest BCUT2D eigenvalue weighted by Crippen LogP contribution is 2.06. The molecule has 1 atom stereocenters. The number of amides is 1. The van der Waals surface area contributed by atoms with E-state index in [2.05, 4.69) is 4.74 Å². The molecule has 0 rings (SSSR count). The van der Waals surface area contributed by atoms with Crippen molar-refractivity contribution < 1.29 is 14.3 Å². The molecule has 13 heavy (non-hydrogen) atoms. The summed E-state index contributed by atoms with van der Waals surface area (Å²) in [5, 5.41) is 0. The Morgan fingerprint density at radius 1 is 1.62 bits per heavy atom. The van der Waals surface area contributed by atoms with Gasteiger partial charge in [-0.25, -0.2) is 4.79 Å². The molecule has 4 nitrogen and oxygen atoms in total. The number of ether oxygens (including phenoxy) is 1. The number of aldehydes is 1. The molecule has 1 unspecified atom stereocenters. The van der Waals surface area contributed by atoms with Crippen molar-refractivity contribution in [1.29, 1.82) is 0 Å². The first kappa shape index (κ1) is 11.9. The summed E-state index contributed by atoms with van der Waals surface area (Å²) in [4.78, 5) is 22.9. The smallest absolute Gasteiger partial charge is 0.409 e. The minimum absolute atomic E-state index is 0.0580. The summed E-state index contributed by atoms with van der Waals surface area (Å²) < 4.78 is 4.60. The summed E-state index contributed by atoms with van der Waals surface area (Å²) >= 11 is 0. The van der Waals surface area contributed by atoms with E-state index >= 15 is 0 Å². The largest absolute Gasteiger partial charge is 0.453 e. The number of rotatable bonds is 5. The van der Waals surface area contributed by atoms with Gasteiger partial charge in [-0.15, -0.1) is 0 Å². The fraction of sp³-hybridized carbons (Fsp3) is 0.778. The third-order valence-corrected chi connectivity index (χ3v) is 1.98. The summed E-state index contributed by atoms with van der Waals surface area (Å²) in [7, 11) is 1.36. The normalized spacial score (nSPS) is 11.9. The van der Waals surface area contributed by atoms with E-state index in [0.29, 0.717) is 19.4 Å². The van der Waals surface area contributed by atoms with Crippen molar-refractivity contribution >= 4 is 12.4 Å². The highest BCUT2D eigenvalue weighted by Gasteiger charge is 2.17. The summed E-state index contributed by atoms with van der Waals surface area (Å²) in [6.07, 6.45) is 1.70. The predicted molar refractivity (Wildman–Crippen MR) is 49.5 cm³/mol. The molecule has 0 bridgehead atoms. The van der Waals surface area contributed by atoms with Crippen LogP contribution >= 0.6 is 0 Å². The van der Waals surface area contributed by atoms with Crippen molar-refractivity contribution in [3.63, 3.8) is 0 Å². The standard InChI is InChI=1S/C9H17NO3/c1-4-10(9(12)13-3)8(2)6-5-7-11/h7-8H,4-6H2,1-3H3. The van der Waals surface area contributed by atoms with Crippen molar-refractivity contribution in [3.05, 3.63) is 0 Å². The van der Waals surface area contributed by atoms with Crippen molar-refractivity contribution in [2.24, 2.45) is 0 Å². The Morgan fingerprint density at radius 2 is 2.23 bits per heavy atom. The maximum Gasteiger partial charge on any atom is 0.409 e. The molecule has 4 heteroatoms. The lowest BCUT2D eigenvalue weighted by Gasteiger charge is -2.25. The first-order valence-corrected chi connectivity index (χ1v) is 4.45. The van der Waals surface area contributed by atoms with Crippen molar-refractivity contribution in [2.45, 2.75) is 32.7 Å². The van der Waals surface area contributed by atoms with Gasteiger partial charge in [0.05, 0.1) is 7.11 Å². The molecule has 0 radical (unpaired) electrons. The quantitative estimate of drug-likeness (QED) is 0.612. The highest BCUT2D eigenvalue weighted by molar-refractivity contribution is 5.67. The van der Waals surface area contributed by atoms with Crippen LogP contribution in [0.3, 0.4) is 0 Å². The molecule has 76 valence electrons. The predicted octanol–water partition coefficient (Wildman–Crippen LogP) is 1.44. The molecular formula is C9H17NO3. The van der Waals surface area contributed by atoms with Crippen LogP contribution in [0.2, 0.25) is 0 Å². The molecule has 0 aromatic rings. The minimum Gasteiger partial charge on any atom is -0.453 e. The number of carbonyl (C=O) groups is 2. The van der Waals surface area contributed by atoms with Gasteiger partial charge in [0, 0.05) is 19.0 Å². The number of hydrogen-bond acceptors (Lipinski definition) is 3. The molecule has 0 spiro atoms. The fourth-order valence-electron chi connectivity index (χ4n) is 1.20. The number of methoxy groups -OCH3 is 1. The number of carbonyl (C=O) groups excluding carboxylic acids is 2. The van der Waals surface area contributed by atoms with Gasteiger partial charge in [0.25, 0.3) is 0 Å². The second kappa shape index (κ2) is 6.46. The second-order valence-electron chi connectivity index (χ2n) is 2.85. The fourth-order valence-corrected chi connectivity index (χ4v) is 1.20. The average Bonchev–Trinajstić information content (AvgIpc) is 2.15. The average molecular weight is 187 g/mol. The van der Waals surface area contributed by atoms with Gasteiger partial charge in [-0.2, -0.15) is 0 Å². The van der Waals surface area contributed by atoms with Crippen LogP contribution in [0.5, 0.6) is 0 Å². The van der Waals surface area contributed by atoms with Crippen LogP contribution in [0.4, 0.5) is 4.79 Å². The van der Waals surface area contributed by atoms with Crippen molar-refractivity contribution in [1.82, 2.24) is 4.90 Å². The topological polar surface area (TPSA) is 46.6 Å². The SMILES string of the molecule is CCN(C(=O)OC)C(C)CCC=O. The Hall–Kier alpha value is -1.06. The van der Waals surface area contributed by atoms with Gasteiger partial charge < -0.3 is 14.4 Å². The lowest BCUT2D eigenvalue weighted by molar-refractivity contribution is -0.108. The number of nitrogens with zero attached hydrogens (tertiary/aromatic N) is 1. The molecule has 0 heterocycles. The van der Waals surface area contributed by atoms with E-state index in [1.54, 1.807) is 4.90 Å². The third-order valence-electron chi connectivity index (χ3n) is 1.98. The first-order chi connectivity index (χ1) is 6.17. The van der Waals surface area contributed by atoms with E-state index in [1.807, 2.05) is 13.8 Å². The number of hydrogen-bond donors (Lipinski definition) is 0. The maximum atomic E-state index is 11.2. The minimum atomic E-state index is -0.333. The zero-order chi connectivity index (χ0) is 10.3. The Balaban J connectivity index is 4.05. The molecule has 0 aliphatic heterocycles. The molecule has 0 saturated heterocycles. The van der Waals surface area contributed by atoms with Gasteiger partial charge in [-0.05, 0) is 20.3 Å². The molecule has 0 aliphatic carbocycles. The van der Waals surface area contributed by atoms with Crippen LogP contribution in [0.25, 0.3) is 0 Å². The molecule has 0 N–H and O–H groups in total. The van der Waals surface area contributed by atoms with Crippen LogP contribution in [0.15, 0.2) is 0 Å². The van der Waals surface area contributed by atoms with Gasteiger partial charge in [-0.3, -0.25) is 0 Å². The lowest BCUT2D eigenvalue weighted by atomic mass is 10.2. The van der Waals surface area contributed by atoms with E-state index in [9.17, 15) is 9.59 Å². The second-order valence-corrected chi connectivity index (χ2v) is 2.85. The first-order valence-electron chi connectivity index (χ1n) is 4.45. The monoisotopic (exact) mass is 187 g/mol. The Kier molecular flexibility index (Phi) is 5.93. The molecular weight excluding hydrogens is 170 g/mol. The van der Waals surface area contributed by atoms with Crippen LogP contribution in [0.1, 0.15) is 26.7 Å². The Bertz CT molecular complexity index is 170. The van der Waals surface area contributed by atoms with Gasteiger partial charge in [0.1, 0.15) is 6.29 Å². The summed E-state index contributed by atoms with van der Waals surface area (Å²) in [6.45, 7) is 4.39. The van der Waals surface area contributed by atoms with E-state index in [1.165, 1.54) is 7.11 Å². The summed E-state index contributed by atoms with van der Waals surface area (Å²) in [5.41, 5.74) is 0. The summed E-state index contributed by atoms with van der Waals surface area (Å²) in [5.74, 6) is 0. The molecule has 1 amide bonds. The summed E-state index contributed by atoms with van der Waals surface area (Å²) in [6, 6.07) is 0.0580. The van der Waals surface area contributed by atoms with Crippen LogP contribution in [-0.4, -0.2) is 37.0 Å². The molecule has 0 saturated carbocycles. The highest BCUT2D eigenvalue weighted by atomic mass is 16.5. The van der Waals surface area contributed by atoms with Crippen LogP contribution < -0.4 is 0 Å². The van der Waals surface area contributed by atoms with Gasteiger partial charge in [0.15, 0.2) is 0 Å². The molecule has 0 aromatic carbocycles. The van der Waals surface area contributed by atoms with E-state index < -0.39 is 0 Å². The zero-order valence-electron chi connectivity index (χ0n) is 8.45. The van der Waals surface area contributed by atoms with Crippen molar-refractivity contribution in [3.8, 4) is 0 Å². The maximum absolute atomic E-state index is 11.2. The van der Waals surface area contributed by atoms with Crippen LogP contribution in [-0.2, 0) is 9.53 Å². The van der Waals surface area contributed by atoms with Gasteiger partial charge >= 0.3 is 6.09 Å². The van der Waals surface area contributed by atoms with E-state index in [0.717, 1.165) is 6.29 Å².